The average molecular weight is 548 g/mol. The van der Waals surface area contributed by atoms with Crippen LogP contribution in [-0.4, -0.2) is 46.8 Å². The summed E-state index contributed by atoms with van der Waals surface area (Å²) in [6, 6.07) is 12.9. The molecule has 2 aromatic carbocycles. The van der Waals surface area contributed by atoms with E-state index >= 15 is 0 Å². The molecule has 10 nitrogen and oxygen atoms in total. The number of carbonyl (C=O) groups is 1. The van der Waals surface area contributed by atoms with Crippen molar-refractivity contribution in [3.63, 3.8) is 0 Å². The third kappa shape index (κ3) is 4.44. The Bertz CT molecular complexity index is 1730. The third-order valence-electron chi connectivity index (χ3n) is 5.81. The zero-order valence-corrected chi connectivity index (χ0v) is 22.2. The SMILES string of the molecule is CNC(=O)c1ccc(-c2nc(COc3cc(OC)cc4oc(-c5cn6nc(OC)sc6n5)cc34)cs2)cc1. The van der Waals surface area contributed by atoms with E-state index in [0.29, 0.717) is 44.3 Å². The number of methoxy groups -OCH3 is 2. The van der Waals surface area contributed by atoms with Gasteiger partial charge in [-0.25, -0.2) is 14.5 Å². The van der Waals surface area contributed by atoms with Gasteiger partial charge in [0, 0.05) is 35.7 Å². The van der Waals surface area contributed by atoms with Crippen LogP contribution in [0.4, 0.5) is 0 Å². The number of nitrogens with one attached hydrogen (secondary N) is 1. The molecule has 1 amide bonds. The number of amides is 1. The number of aromatic nitrogens is 4. The Labute approximate surface area is 224 Å². The Balaban J connectivity index is 1.24. The van der Waals surface area contributed by atoms with Crippen molar-refractivity contribution in [1.29, 1.82) is 0 Å². The molecule has 4 aromatic heterocycles. The van der Waals surface area contributed by atoms with Crippen LogP contribution >= 0.6 is 22.7 Å². The fourth-order valence-electron chi connectivity index (χ4n) is 3.90. The number of furan rings is 1. The van der Waals surface area contributed by atoms with E-state index in [1.165, 1.54) is 22.7 Å². The van der Waals surface area contributed by atoms with Gasteiger partial charge in [-0.15, -0.1) is 16.4 Å². The van der Waals surface area contributed by atoms with Crippen LogP contribution in [-0.2, 0) is 6.61 Å². The molecule has 38 heavy (non-hydrogen) atoms. The number of hydrogen-bond donors (Lipinski definition) is 1. The fraction of sp³-hybridized carbons (Fsp3) is 0.154. The van der Waals surface area contributed by atoms with Crippen molar-refractivity contribution in [3.8, 4) is 38.7 Å². The largest absolute Gasteiger partial charge is 0.496 e. The highest BCUT2D eigenvalue weighted by atomic mass is 32.1. The summed E-state index contributed by atoms with van der Waals surface area (Å²) in [5.41, 5.74) is 3.59. The van der Waals surface area contributed by atoms with Crippen molar-refractivity contribution in [2.24, 2.45) is 0 Å². The molecule has 6 rings (SSSR count). The van der Waals surface area contributed by atoms with Gasteiger partial charge in [-0.2, -0.15) is 0 Å². The number of benzene rings is 2. The maximum atomic E-state index is 11.8. The predicted molar refractivity (Wildman–Crippen MR) is 144 cm³/mol. The maximum absolute atomic E-state index is 11.8. The molecule has 192 valence electrons. The number of rotatable bonds is 8. The first-order valence-electron chi connectivity index (χ1n) is 11.5. The molecule has 0 saturated heterocycles. The minimum Gasteiger partial charge on any atom is -0.496 e. The highest BCUT2D eigenvalue weighted by Gasteiger charge is 2.17. The van der Waals surface area contributed by atoms with Crippen LogP contribution in [0.15, 0.2) is 58.5 Å². The summed E-state index contributed by atoms with van der Waals surface area (Å²) in [6.45, 7) is 0.263. The van der Waals surface area contributed by atoms with Gasteiger partial charge in [0.25, 0.3) is 11.1 Å². The quantitative estimate of drug-likeness (QED) is 0.274. The van der Waals surface area contributed by atoms with E-state index in [4.69, 9.17) is 23.6 Å². The topological polar surface area (TPSA) is 113 Å². The molecule has 6 aromatic rings. The molecule has 0 unspecified atom stereocenters. The lowest BCUT2D eigenvalue weighted by Crippen LogP contribution is -2.17. The Morgan fingerprint density at radius 2 is 1.95 bits per heavy atom. The Kier molecular flexibility index (Phi) is 6.18. The normalized spacial score (nSPS) is 11.2. The summed E-state index contributed by atoms with van der Waals surface area (Å²) >= 11 is 2.86. The average Bonchev–Trinajstić information content (AvgIpc) is 3.73. The van der Waals surface area contributed by atoms with E-state index in [9.17, 15) is 4.79 Å². The summed E-state index contributed by atoms with van der Waals surface area (Å²) < 4.78 is 24.6. The van der Waals surface area contributed by atoms with Crippen LogP contribution in [0, 0.1) is 0 Å². The first kappa shape index (κ1) is 23.9. The third-order valence-corrected chi connectivity index (χ3v) is 7.63. The Morgan fingerprint density at radius 3 is 2.68 bits per heavy atom. The van der Waals surface area contributed by atoms with Crippen LogP contribution in [0.1, 0.15) is 16.1 Å². The second-order valence-corrected chi connectivity index (χ2v) is 9.94. The van der Waals surface area contributed by atoms with Gasteiger partial charge in [0.15, 0.2) is 5.76 Å². The molecule has 0 aliphatic rings. The number of carbonyl (C=O) groups excluding carboxylic acids is 1. The van der Waals surface area contributed by atoms with Crippen molar-refractivity contribution in [3.05, 3.63) is 65.3 Å². The van der Waals surface area contributed by atoms with Crippen molar-refractivity contribution in [1.82, 2.24) is 24.9 Å². The minimum atomic E-state index is -0.124. The number of thiazole rings is 1. The summed E-state index contributed by atoms with van der Waals surface area (Å²) in [4.78, 5) is 21.8. The van der Waals surface area contributed by atoms with Gasteiger partial charge < -0.3 is 23.9 Å². The van der Waals surface area contributed by atoms with Gasteiger partial charge >= 0.3 is 0 Å². The van der Waals surface area contributed by atoms with Gasteiger partial charge in [-0.3, -0.25) is 4.79 Å². The van der Waals surface area contributed by atoms with Crippen molar-refractivity contribution in [2.45, 2.75) is 6.61 Å². The fourth-order valence-corrected chi connectivity index (χ4v) is 5.41. The van der Waals surface area contributed by atoms with E-state index in [2.05, 4.69) is 15.4 Å². The van der Waals surface area contributed by atoms with Crippen LogP contribution in [0.3, 0.4) is 0 Å². The van der Waals surface area contributed by atoms with E-state index in [1.54, 1.807) is 44.1 Å². The van der Waals surface area contributed by atoms with Gasteiger partial charge in [0.2, 0.25) is 4.96 Å². The van der Waals surface area contributed by atoms with Gasteiger partial charge in [-0.05, 0) is 29.5 Å². The molecule has 0 fully saturated rings. The lowest BCUT2D eigenvalue weighted by molar-refractivity contribution is 0.0963. The smallest absolute Gasteiger partial charge is 0.294 e. The second kappa shape index (κ2) is 9.80. The molecule has 0 spiro atoms. The molecular weight excluding hydrogens is 526 g/mol. The summed E-state index contributed by atoms with van der Waals surface area (Å²) in [5, 5.41) is 11.1. The molecule has 4 heterocycles. The van der Waals surface area contributed by atoms with Gasteiger partial charge in [-0.1, -0.05) is 12.1 Å². The zero-order chi connectivity index (χ0) is 26.2. The van der Waals surface area contributed by atoms with Gasteiger partial charge in [0.05, 0.1) is 31.5 Å². The predicted octanol–water partition coefficient (Wildman–Crippen LogP) is 5.28. The lowest BCUT2D eigenvalue weighted by Gasteiger charge is -2.08. The molecule has 0 atom stereocenters. The molecule has 0 bridgehead atoms. The second-order valence-electron chi connectivity index (χ2n) is 8.16. The molecule has 0 aliphatic carbocycles. The Hall–Kier alpha value is -4.42. The highest BCUT2D eigenvalue weighted by Crippen LogP contribution is 2.38. The number of imidazole rings is 1. The van der Waals surface area contributed by atoms with Crippen molar-refractivity contribution >= 4 is 44.5 Å². The van der Waals surface area contributed by atoms with Crippen LogP contribution in [0.5, 0.6) is 16.7 Å². The molecule has 0 saturated carbocycles. The number of hydrogen-bond acceptors (Lipinski definition) is 10. The standard InChI is InChI=1S/C26H21N5O5S2/c1-27-23(32)14-4-6-15(7-5-14)24-28-16(13-37-24)12-35-20-8-17(33-2)9-21-18(20)10-22(36-21)19-11-31-25(29-19)38-26(30-31)34-3/h4-11,13H,12H2,1-3H3,(H,27,32). The molecule has 1 N–H and O–H groups in total. The molecule has 0 radical (unpaired) electrons. The molecule has 12 heteroatoms. The lowest BCUT2D eigenvalue weighted by atomic mass is 10.1. The van der Waals surface area contributed by atoms with E-state index in [1.807, 2.05) is 35.7 Å². The minimum absolute atomic E-state index is 0.124. The maximum Gasteiger partial charge on any atom is 0.294 e. The van der Waals surface area contributed by atoms with Crippen LogP contribution in [0.2, 0.25) is 0 Å². The summed E-state index contributed by atoms with van der Waals surface area (Å²) in [6.07, 6.45) is 1.79. The monoisotopic (exact) mass is 547 g/mol. The van der Waals surface area contributed by atoms with Gasteiger partial charge in [0.1, 0.15) is 34.4 Å². The van der Waals surface area contributed by atoms with Crippen molar-refractivity contribution < 1.29 is 23.4 Å². The first-order valence-corrected chi connectivity index (χ1v) is 13.2. The number of ether oxygens (including phenoxy) is 3. The number of nitrogens with zero attached hydrogens (tertiary/aromatic N) is 4. The zero-order valence-electron chi connectivity index (χ0n) is 20.5. The van der Waals surface area contributed by atoms with Crippen LogP contribution < -0.4 is 19.5 Å². The molecular formula is C26H21N5O5S2. The summed E-state index contributed by atoms with van der Waals surface area (Å²) in [5.74, 6) is 1.69. The van der Waals surface area contributed by atoms with Crippen molar-refractivity contribution in [2.75, 3.05) is 21.3 Å². The summed E-state index contributed by atoms with van der Waals surface area (Å²) in [7, 11) is 4.78. The number of fused-ring (bicyclic) bond motifs is 2. The van der Waals surface area contributed by atoms with Crippen LogP contribution in [0.25, 0.3) is 38.0 Å². The highest BCUT2D eigenvalue weighted by molar-refractivity contribution is 7.18. The molecule has 0 aliphatic heterocycles. The van der Waals surface area contributed by atoms with E-state index < -0.39 is 0 Å². The first-order chi connectivity index (χ1) is 18.5. The van der Waals surface area contributed by atoms with E-state index in [0.717, 1.165) is 21.7 Å². The van der Waals surface area contributed by atoms with E-state index in [-0.39, 0.29) is 12.5 Å². The Morgan fingerprint density at radius 1 is 1.11 bits per heavy atom.